The van der Waals surface area contributed by atoms with E-state index in [-0.39, 0.29) is 61.1 Å². The van der Waals surface area contributed by atoms with Crippen LogP contribution in [0, 0.1) is 29.6 Å². The van der Waals surface area contributed by atoms with Crippen molar-refractivity contribution in [2.24, 2.45) is 29.6 Å². The molecular weight excluding hydrogens is 532 g/mol. The Morgan fingerprint density at radius 1 is 1.05 bits per heavy atom. The number of allylic oxidation sites excluding steroid dienone is 3. The van der Waals surface area contributed by atoms with E-state index < -0.39 is 35.9 Å². The molecule has 4 heterocycles. The van der Waals surface area contributed by atoms with Gasteiger partial charge in [-0.05, 0) is 56.9 Å². The standard InChI is InChI=1S/C31H42O10/c1-16(2)21-15-24(32)18(4)20(27(21)35)12-14-36-25(33)9-10-26(34)37-28-19(5)23-8-7-17(3)22-11-13-30(6)39-29(38-28)31(22,23)41-40-30/h15-17,19,22-23,28-29H,7-14H2,1-6H3/t17-,19-,22+,23+,28-,29-,30-,31-/m1/s1. The Bertz CT molecular complexity index is 1170. The fraction of sp³-hybridized carbons (Fsp3) is 0.742. The summed E-state index contributed by atoms with van der Waals surface area (Å²) in [5, 5.41) is 0. The van der Waals surface area contributed by atoms with Crippen molar-refractivity contribution in [3.05, 3.63) is 22.8 Å². The van der Waals surface area contributed by atoms with Crippen LogP contribution in [0.4, 0.5) is 0 Å². The maximum absolute atomic E-state index is 12.8. The summed E-state index contributed by atoms with van der Waals surface area (Å²) in [6.45, 7) is 11.3. The van der Waals surface area contributed by atoms with Crippen LogP contribution in [0.3, 0.4) is 0 Å². The molecule has 226 valence electrons. The Kier molecular flexibility index (Phi) is 8.33. The zero-order chi connectivity index (χ0) is 29.7. The average Bonchev–Trinajstić information content (AvgIpc) is 3.15. The number of ketones is 2. The topological polar surface area (TPSA) is 124 Å². The first kappa shape index (κ1) is 30.1. The molecule has 0 radical (unpaired) electrons. The van der Waals surface area contributed by atoms with Crippen LogP contribution in [0.25, 0.3) is 0 Å². The summed E-state index contributed by atoms with van der Waals surface area (Å²) in [7, 11) is 0. The van der Waals surface area contributed by atoms with Crippen LogP contribution >= 0.6 is 0 Å². The lowest BCUT2D eigenvalue weighted by molar-refractivity contribution is -0.576. The van der Waals surface area contributed by atoms with Gasteiger partial charge < -0.3 is 18.9 Å². The molecule has 0 amide bonds. The summed E-state index contributed by atoms with van der Waals surface area (Å²) in [6.07, 6.45) is 3.12. The number of rotatable bonds is 8. The van der Waals surface area contributed by atoms with E-state index in [0.29, 0.717) is 29.1 Å². The van der Waals surface area contributed by atoms with Gasteiger partial charge in [-0.25, -0.2) is 9.78 Å². The van der Waals surface area contributed by atoms with Crippen LogP contribution in [0.1, 0.15) is 86.5 Å². The van der Waals surface area contributed by atoms with Gasteiger partial charge in [-0.15, -0.1) is 0 Å². The molecule has 4 saturated heterocycles. The fourth-order valence-electron chi connectivity index (χ4n) is 7.28. The Morgan fingerprint density at radius 2 is 1.78 bits per heavy atom. The van der Waals surface area contributed by atoms with E-state index in [1.54, 1.807) is 6.92 Å². The van der Waals surface area contributed by atoms with Crippen molar-refractivity contribution in [1.29, 1.82) is 0 Å². The second kappa shape index (κ2) is 11.4. The SMILES string of the molecule is CC1=C(CCOC(=O)CCC(=O)O[C@@H]2O[C@@H]3O[C@@]4(C)CC[C@H]5[C@H](C)CC[C@@H]([C@H]2C)[C@@]35OO4)C(=O)C(C(C)C)=CC1=O. The summed E-state index contributed by atoms with van der Waals surface area (Å²) in [4.78, 5) is 62.1. The Labute approximate surface area is 241 Å². The first-order valence-electron chi connectivity index (χ1n) is 14.9. The van der Waals surface area contributed by atoms with Gasteiger partial charge in [0.05, 0.1) is 19.4 Å². The van der Waals surface area contributed by atoms with Crippen LogP contribution in [0.5, 0.6) is 0 Å². The number of hydrogen-bond donors (Lipinski definition) is 0. The molecule has 0 aromatic carbocycles. The highest BCUT2D eigenvalue weighted by Crippen LogP contribution is 2.60. The van der Waals surface area contributed by atoms with E-state index in [2.05, 4.69) is 6.92 Å². The summed E-state index contributed by atoms with van der Waals surface area (Å²) >= 11 is 0. The molecule has 4 aliphatic heterocycles. The monoisotopic (exact) mass is 574 g/mol. The van der Waals surface area contributed by atoms with Crippen LogP contribution in [-0.4, -0.2) is 54.1 Å². The average molecular weight is 575 g/mol. The van der Waals surface area contributed by atoms with Crippen molar-refractivity contribution in [2.75, 3.05) is 6.61 Å². The molecule has 8 atom stereocenters. The normalized spacial score (nSPS) is 38.4. The van der Waals surface area contributed by atoms with Gasteiger partial charge in [-0.3, -0.25) is 19.2 Å². The minimum Gasteiger partial charge on any atom is -0.465 e. The number of fused-ring (bicyclic) bond motifs is 2. The van der Waals surface area contributed by atoms with Gasteiger partial charge in [0, 0.05) is 41.4 Å². The van der Waals surface area contributed by atoms with Crippen molar-refractivity contribution in [2.45, 2.75) is 110 Å². The second-order valence-corrected chi connectivity index (χ2v) is 12.8. The van der Waals surface area contributed by atoms with Gasteiger partial charge in [-0.2, -0.15) is 0 Å². The minimum absolute atomic E-state index is 0.0195. The molecule has 6 rings (SSSR count). The third kappa shape index (κ3) is 5.44. The summed E-state index contributed by atoms with van der Waals surface area (Å²) in [6, 6.07) is 0. The lowest BCUT2D eigenvalue weighted by Crippen LogP contribution is -2.70. The molecule has 2 bridgehead atoms. The molecule has 0 N–H and O–H groups in total. The fourth-order valence-corrected chi connectivity index (χ4v) is 7.28. The van der Waals surface area contributed by atoms with Crippen LogP contribution in [0.2, 0.25) is 0 Å². The van der Waals surface area contributed by atoms with Crippen molar-refractivity contribution in [1.82, 2.24) is 0 Å². The van der Waals surface area contributed by atoms with E-state index in [4.69, 9.17) is 28.7 Å². The van der Waals surface area contributed by atoms with Crippen LogP contribution in [0.15, 0.2) is 22.8 Å². The van der Waals surface area contributed by atoms with Crippen LogP contribution in [-0.2, 0) is 47.9 Å². The van der Waals surface area contributed by atoms with Crippen molar-refractivity contribution in [3.8, 4) is 0 Å². The van der Waals surface area contributed by atoms with Gasteiger partial charge in [-0.1, -0.05) is 27.7 Å². The van der Waals surface area contributed by atoms with E-state index in [9.17, 15) is 19.2 Å². The Hall–Kier alpha value is -2.40. The number of carbonyl (C=O) groups is 4. The van der Waals surface area contributed by atoms with Crippen LogP contribution < -0.4 is 0 Å². The maximum Gasteiger partial charge on any atom is 0.308 e. The van der Waals surface area contributed by atoms with E-state index >= 15 is 0 Å². The smallest absolute Gasteiger partial charge is 0.308 e. The van der Waals surface area contributed by atoms with E-state index in [0.717, 1.165) is 19.3 Å². The molecule has 0 unspecified atom stereocenters. The lowest BCUT2D eigenvalue weighted by atomic mass is 9.58. The van der Waals surface area contributed by atoms with Gasteiger partial charge in [0.25, 0.3) is 0 Å². The number of hydrogen-bond acceptors (Lipinski definition) is 10. The predicted octanol–water partition coefficient (Wildman–Crippen LogP) is 4.50. The minimum atomic E-state index is -0.923. The van der Waals surface area contributed by atoms with Gasteiger partial charge in [0.15, 0.2) is 23.5 Å². The zero-order valence-corrected chi connectivity index (χ0v) is 24.9. The largest absolute Gasteiger partial charge is 0.465 e. The number of Topliss-reactive ketones (excluding diaryl/α,β-unsaturated/α-hetero) is 1. The third-order valence-corrected chi connectivity index (χ3v) is 9.76. The summed E-state index contributed by atoms with van der Waals surface area (Å²) in [5.41, 5.74) is 0.455. The number of esters is 2. The van der Waals surface area contributed by atoms with Crippen molar-refractivity contribution < 1.29 is 47.9 Å². The van der Waals surface area contributed by atoms with E-state index in [1.165, 1.54) is 6.08 Å². The highest BCUT2D eigenvalue weighted by Gasteiger charge is 2.69. The molecule has 10 nitrogen and oxygen atoms in total. The van der Waals surface area contributed by atoms with E-state index in [1.807, 2.05) is 27.7 Å². The van der Waals surface area contributed by atoms with Crippen molar-refractivity contribution in [3.63, 3.8) is 0 Å². The quantitative estimate of drug-likeness (QED) is 0.232. The second-order valence-electron chi connectivity index (χ2n) is 12.8. The summed E-state index contributed by atoms with van der Waals surface area (Å²) in [5.74, 6) is -2.06. The lowest BCUT2D eigenvalue weighted by Gasteiger charge is -2.59. The first-order valence-corrected chi connectivity index (χ1v) is 14.9. The molecule has 1 saturated carbocycles. The number of ether oxygens (including phenoxy) is 4. The molecule has 2 aliphatic carbocycles. The van der Waals surface area contributed by atoms with Crippen molar-refractivity contribution >= 4 is 23.5 Å². The zero-order valence-electron chi connectivity index (χ0n) is 24.9. The predicted molar refractivity (Wildman–Crippen MR) is 143 cm³/mol. The maximum atomic E-state index is 12.8. The first-order chi connectivity index (χ1) is 19.4. The van der Waals surface area contributed by atoms with Gasteiger partial charge >= 0.3 is 11.9 Å². The highest BCUT2D eigenvalue weighted by molar-refractivity contribution is 6.22. The third-order valence-electron chi connectivity index (χ3n) is 9.76. The molecule has 5 fully saturated rings. The molecule has 1 spiro atoms. The molecule has 0 aromatic heterocycles. The van der Waals surface area contributed by atoms with Gasteiger partial charge in [0.2, 0.25) is 12.1 Å². The Morgan fingerprint density at radius 3 is 2.51 bits per heavy atom. The molecule has 0 aromatic rings. The summed E-state index contributed by atoms with van der Waals surface area (Å²) < 4.78 is 23.6. The molecule has 10 heteroatoms. The molecule has 6 aliphatic rings. The highest BCUT2D eigenvalue weighted by atomic mass is 17.3. The Balaban J connectivity index is 1.13. The molecular formula is C31H42O10. The molecule has 41 heavy (non-hydrogen) atoms. The van der Waals surface area contributed by atoms with Gasteiger partial charge in [0.1, 0.15) is 0 Å². The number of carbonyl (C=O) groups excluding carboxylic acids is 4.